The monoisotopic (exact) mass is 322 g/mol. The van der Waals surface area contributed by atoms with Crippen molar-refractivity contribution in [3.63, 3.8) is 0 Å². The van der Waals surface area contributed by atoms with E-state index in [4.69, 9.17) is 4.74 Å². The van der Waals surface area contributed by atoms with Crippen molar-refractivity contribution in [2.24, 2.45) is 0 Å². The number of hydrogen-bond acceptors (Lipinski definition) is 5. The maximum absolute atomic E-state index is 11.8. The largest absolute Gasteiger partial charge is 0.452 e. The minimum atomic E-state index is -0.588. The average Bonchev–Trinajstić information content (AvgIpc) is 3.13. The Labute approximate surface area is 132 Å². The lowest BCUT2D eigenvalue weighted by molar-refractivity contribution is -0.148. The molecular weight excluding hydrogens is 304 g/mol. The molecule has 0 radical (unpaired) electrons. The van der Waals surface area contributed by atoms with Gasteiger partial charge in [0.25, 0.3) is 5.91 Å². The van der Waals surface area contributed by atoms with Gasteiger partial charge in [0.1, 0.15) is 0 Å². The Balaban J connectivity index is 1.67. The fraction of sp³-hybridized carbons (Fsp3) is 0.400. The molecular formula is C15H18N2O4S. The standard InChI is InChI=1S/C15H18N2O4S/c1-17(8-13(18)16-12-3-4-12)14(19)9-21-15(20)5-2-11-6-7-22-10-11/h2,5-7,10,12H,3-4,8-9H2,1H3,(H,16,18)/b5-2+. The van der Waals surface area contributed by atoms with Gasteiger partial charge >= 0.3 is 5.97 Å². The lowest BCUT2D eigenvalue weighted by Crippen LogP contribution is -2.40. The van der Waals surface area contributed by atoms with Crippen LogP contribution in [0.5, 0.6) is 0 Å². The van der Waals surface area contributed by atoms with Gasteiger partial charge in [0, 0.05) is 19.2 Å². The molecule has 0 aliphatic heterocycles. The van der Waals surface area contributed by atoms with Crippen LogP contribution in [0.3, 0.4) is 0 Å². The van der Waals surface area contributed by atoms with Crippen LogP contribution in [0.1, 0.15) is 18.4 Å². The highest BCUT2D eigenvalue weighted by molar-refractivity contribution is 7.08. The molecule has 1 heterocycles. The molecule has 1 N–H and O–H groups in total. The SMILES string of the molecule is CN(CC(=O)NC1CC1)C(=O)COC(=O)/C=C/c1ccsc1. The lowest BCUT2D eigenvalue weighted by Gasteiger charge is -2.16. The molecule has 1 aliphatic rings. The van der Waals surface area contributed by atoms with Crippen LogP contribution >= 0.6 is 11.3 Å². The third-order valence-electron chi connectivity index (χ3n) is 3.04. The zero-order valence-electron chi connectivity index (χ0n) is 12.3. The summed E-state index contributed by atoms with van der Waals surface area (Å²) in [6.07, 6.45) is 4.89. The number of carbonyl (C=O) groups is 3. The van der Waals surface area contributed by atoms with E-state index >= 15 is 0 Å². The highest BCUT2D eigenvalue weighted by Gasteiger charge is 2.24. The minimum Gasteiger partial charge on any atom is -0.452 e. The number of thiophene rings is 1. The molecule has 6 nitrogen and oxygen atoms in total. The van der Waals surface area contributed by atoms with E-state index in [1.807, 2.05) is 16.8 Å². The van der Waals surface area contributed by atoms with Crippen molar-refractivity contribution in [3.8, 4) is 0 Å². The summed E-state index contributed by atoms with van der Waals surface area (Å²) >= 11 is 1.53. The summed E-state index contributed by atoms with van der Waals surface area (Å²) in [7, 11) is 1.50. The Bertz CT molecular complexity index is 564. The number of rotatable bonds is 7. The Morgan fingerprint density at radius 3 is 2.86 bits per heavy atom. The molecule has 0 spiro atoms. The maximum Gasteiger partial charge on any atom is 0.331 e. The quantitative estimate of drug-likeness (QED) is 0.601. The number of hydrogen-bond donors (Lipinski definition) is 1. The van der Waals surface area contributed by atoms with Gasteiger partial charge in [-0.05, 0) is 41.3 Å². The topological polar surface area (TPSA) is 75.7 Å². The molecule has 2 amide bonds. The number of ether oxygens (including phenoxy) is 1. The van der Waals surface area contributed by atoms with Crippen LogP contribution in [0.2, 0.25) is 0 Å². The summed E-state index contributed by atoms with van der Waals surface area (Å²) in [6, 6.07) is 2.13. The van der Waals surface area contributed by atoms with Crippen LogP contribution in [0.25, 0.3) is 6.08 Å². The number of likely N-dealkylation sites (N-methyl/N-ethyl adjacent to an activating group) is 1. The Morgan fingerprint density at radius 2 is 2.23 bits per heavy atom. The van der Waals surface area contributed by atoms with E-state index in [0.29, 0.717) is 0 Å². The zero-order chi connectivity index (χ0) is 15.9. The van der Waals surface area contributed by atoms with E-state index in [1.54, 1.807) is 6.08 Å². The first kappa shape index (κ1) is 16.2. The second-order valence-corrected chi connectivity index (χ2v) is 5.87. The van der Waals surface area contributed by atoms with E-state index in [9.17, 15) is 14.4 Å². The van der Waals surface area contributed by atoms with Crippen LogP contribution in [0, 0.1) is 0 Å². The second-order valence-electron chi connectivity index (χ2n) is 5.09. The van der Waals surface area contributed by atoms with E-state index in [2.05, 4.69) is 5.32 Å². The van der Waals surface area contributed by atoms with Gasteiger partial charge in [0.15, 0.2) is 6.61 Å². The first-order valence-electron chi connectivity index (χ1n) is 6.95. The molecule has 7 heteroatoms. The van der Waals surface area contributed by atoms with E-state index in [-0.39, 0.29) is 25.1 Å². The van der Waals surface area contributed by atoms with Crippen LogP contribution in [0.4, 0.5) is 0 Å². The Morgan fingerprint density at radius 1 is 1.45 bits per heavy atom. The van der Waals surface area contributed by atoms with E-state index in [0.717, 1.165) is 18.4 Å². The fourth-order valence-corrected chi connectivity index (χ4v) is 2.26. The van der Waals surface area contributed by atoms with E-state index in [1.165, 1.54) is 29.4 Å². The average molecular weight is 322 g/mol. The molecule has 1 saturated carbocycles. The third-order valence-corrected chi connectivity index (χ3v) is 3.74. The van der Waals surface area contributed by atoms with Crippen molar-refractivity contribution < 1.29 is 19.1 Å². The van der Waals surface area contributed by atoms with Crippen molar-refractivity contribution in [2.75, 3.05) is 20.2 Å². The highest BCUT2D eigenvalue weighted by atomic mass is 32.1. The molecule has 1 fully saturated rings. The van der Waals surface area contributed by atoms with E-state index < -0.39 is 11.9 Å². The van der Waals surface area contributed by atoms with Gasteiger partial charge in [-0.25, -0.2) is 4.79 Å². The molecule has 0 atom stereocenters. The summed E-state index contributed by atoms with van der Waals surface area (Å²) in [5.41, 5.74) is 0.905. The van der Waals surface area contributed by atoms with Crippen molar-refractivity contribution in [3.05, 3.63) is 28.5 Å². The summed E-state index contributed by atoms with van der Waals surface area (Å²) in [6.45, 7) is -0.405. The summed E-state index contributed by atoms with van der Waals surface area (Å²) in [4.78, 5) is 36.1. The predicted molar refractivity (Wildman–Crippen MR) is 83.1 cm³/mol. The molecule has 2 rings (SSSR count). The number of esters is 1. The van der Waals surface area contributed by atoms with Gasteiger partial charge in [-0.1, -0.05) is 0 Å². The molecule has 118 valence electrons. The van der Waals surface area contributed by atoms with Crippen LogP contribution < -0.4 is 5.32 Å². The van der Waals surface area contributed by atoms with Crippen LogP contribution in [-0.2, 0) is 19.1 Å². The molecule has 1 aromatic rings. The number of nitrogens with zero attached hydrogens (tertiary/aromatic N) is 1. The van der Waals surface area contributed by atoms with Crippen molar-refractivity contribution in [1.29, 1.82) is 0 Å². The van der Waals surface area contributed by atoms with Crippen molar-refractivity contribution in [2.45, 2.75) is 18.9 Å². The maximum atomic E-state index is 11.8. The van der Waals surface area contributed by atoms with Gasteiger partial charge in [-0.3, -0.25) is 9.59 Å². The van der Waals surface area contributed by atoms with Crippen molar-refractivity contribution >= 4 is 35.2 Å². The normalized spacial score (nSPS) is 13.9. The van der Waals surface area contributed by atoms with Gasteiger partial charge in [0.2, 0.25) is 5.91 Å². The van der Waals surface area contributed by atoms with Gasteiger partial charge < -0.3 is 15.0 Å². The first-order valence-corrected chi connectivity index (χ1v) is 7.89. The summed E-state index contributed by atoms with van der Waals surface area (Å²) in [5, 5.41) is 6.58. The van der Waals surface area contributed by atoms with Crippen LogP contribution in [-0.4, -0.2) is 48.9 Å². The molecule has 0 bridgehead atoms. The Hall–Kier alpha value is -2.15. The number of amides is 2. The molecule has 1 aromatic heterocycles. The summed E-state index contributed by atoms with van der Waals surface area (Å²) < 4.78 is 4.85. The second kappa shape index (κ2) is 7.74. The molecule has 22 heavy (non-hydrogen) atoms. The predicted octanol–water partition coefficient (Wildman–Crippen LogP) is 1.04. The molecule has 0 saturated heterocycles. The van der Waals surface area contributed by atoms with Gasteiger partial charge in [0.05, 0.1) is 6.54 Å². The fourth-order valence-electron chi connectivity index (χ4n) is 1.63. The van der Waals surface area contributed by atoms with Crippen LogP contribution in [0.15, 0.2) is 22.9 Å². The summed E-state index contributed by atoms with van der Waals surface area (Å²) in [5.74, 6) is -1.19. The molecule has 0 unspecified atom stereocenters. The zero-order valence-corrected chi connectivity index (χ0v) is 13.1. The Kier molecular flexibility index (Phi) is 5.71. The first-order chi connectivity index (χ1) is 10.5. The van der Waals surface area contributed by atoms with Gasteiger partial charge in [-0.15, -0.1) is 0 Å². The lowest BCUT2D eigenvalue weighted by atomic mass is 10.3. The van der Waals surface area contributed by atoms with Gasteiger partial charge in [-0.2, -0.15) is 11.3 Å². The molecule has 0 aromatic carbocycles. The number of nitrogens with one attached hydrogen (secondary N) is 1. The third kappa shape index (κ3) is 5.69. The smallest absolute Gasteiger partial charge is 0.331 e. The minimum absolute atomic E-state index is 0.0301. The molecule has 1 aliphatic carbocycles. The van der Waals surface area contributed by atoms with Crippen molar-refractivity contribution in [1.82, 2.24) is 10.2 Å². The number of carbonyl (C=O) groups excluding carboxylic acids is 3. The highest BCUT2D eigenvalue weighted by Crippen LogP contribution is 2.18.